The third-order valence-electron chi connectivity index (χ3n) is 3.78. The highest BCUT2D eigenvalue weighted by molar-refractivity contribution is 5.65. The van der Waals surface area contributed by atoms with Gasteiger partial charge in [0.15, 0.2) is 6.23 Å². The van der Waals surface area contributed by atoms with E-state index < -0.39 is 6.23 Å². The molecule has 0 aliphatic carbocycles. The molecule has 1 unspecified atom stereocenters. The first-order valence-electron chi connectivity index (χ1n) is 8.28. The lowest BCUT2D eigenvalue weighted by molar-refractivity contribution is -0.153. The second-order valence-electron chi connectivity index (χ2n) is 5.83. The van der Waals surface area contributed by atoms with Crippen LogP contribution in [0, 0.1) is 6.92 Å². The predicted octanol–water partition coefficient (Wildman–Crippen LogP) is 0.820. The summed E-state index contributed by atoms with van der Waals surface area (Å²) in [7, 11) is 0. The molecule has 0 amide bonds. The minimum Gasteiger partial charge on any atom is -0.478 e. The fraction of sp³-hybridized carbons (Fsp3) is 0.353. The van der Waals surface area contributed by atoms with Crippen molar-refractivity contribution in [2.45, 2.75) is 26.6 Å². The van der Waals surface area contributed by atoms with Crippen molar-refractivity contribution in [1.29, 1.82) is 0 Å². The minimum absolute atomic E-state index is 0.140. The van der Waals surface area contributed by atoms with E-state index in [4.69, 9.17) is 9.47 Å². The van der Waals surface area contributed by atoms with Gasteiger partial charge in [-0.2, -0.15) is 25.5 Å². The Morgan fingerprint density at radius 1 is 1.38 bits per heavy atom. The fourth-order valence-corrected chi connectivity index (χ4v) is 2.56. The maximum atomic E-state index is 11.0. The molecule has 1 aliphatic rings. The summed E-state index contributed by atoms with van der Waals surface area (Å²) in [6, 6.07) is 6.09. The van der Waals surface area contributed by atoms with E-state index in [0.29, 0.717) is 13.1 Å². The third kappa shape index (κ3) is 4.66. The van der Waals surface area contributed by atoms with E-state index >= 15 is 0 Å². The van der Waals surface area contributed by atoms with Crippen LogP contribution in [-0.4, -0.2) is 45.4 Å². The van der Waals surface area contributed by atoms with Crippen LogP contribution >= 0.6 is 0 Å². The first-order chi connectivity index (χ1) is 12.6. The van der Waals surface area contributed by atoms with Crippen LogP contribution in [0.2, 0.25) is 0 Å². The number of hydrogen-bond acceptors (Lipinski definition) is 8. The van der Waals surface area contributed by atoms with Crippen molar-refractivity contribution in [1.82, 2.24) is 31.0 Å². The summed E-state index contributed by atoms with van der Waals surface area (Å²) < 4.78 is 10.5. The largest absolute Gasteiger partial charge is 0.478 e. The number of esters is 1. The molecule has 9 heteroatoms. The molecule has 1 aromatic heterocycles. The summed E-state index contributed by atoms with van der Waals surface area (Å²) in [4.78, 5) is 12.6. The molecule has 1 aliphatic heterocycles. The van der Waals surface area contributed by atoms with E-state index in [2.05, 4.69) is 27.2 Å². The van der Waals surface area contributed by atoms with Crippen LogP contribution in [0.15, 0.2) is 42.9 Å². The van der Waals surface area contributed by atoms with Gasteiger partial charge < -0.3 is 9.47 Å². The number of rotatable bonds is 7. The zero-order valence-corrected chi connectivity index (χ0v) is 14.8. The molecule has 0 spiro atoms. The summed E-state index contributed by atoms with van der Waals surface area (Å²) >= 11 is 0. The van der Waals surface area contributed by atoms with Crippen LogP contribution in [0.25, 0.3) is 5.69 Å². The van der Waals surface area contributed by atoms with Gasteiger partial charge in [0.05, 0.1) is 24.3 Å². The van der Waals surface area contributed by atoms with Crippen molar-refractivity contribution in [2.24, 2.45) is 0 Å². The number of carbonyl (C=O) groups excluding carboxylic acids is 1. The average molecular weight is 358 g/mol. The van der Waals surface area contributed by atoms with Gasteiger partial charge in [0, 0.05) is 20.0 Å². The lowest BCUT2D eigenvalue weighted by Gasteiger charge is -2.32. The minimum atomic E-state index is -0.402. The lowest BCUT2D eigenvalue weighted by atomic mass is 10.1. The lowest BCUT2D eigenvalue weighted by Crippen LogP contribution is -2.55. The van der Waals surface area contributed by atoms with Gasteiger partial charge >= 0.3 is 5.97 Å². The summed E-state index contributed by atoms with van der Waals surface area (Å²) in [5.41, 5.74) is 9.37. The van der Waals surface area contributed by atoms with Crippen molar-refractivity contribution in [2.75, 3.05) is 13.2 Å². The Balaban J connectivity index is 1.61. The molecule has 138 valence electrons. The van der Waals surface area contributed by atoms with Crippen LogP contribution in [-0.2, 0) is 20.8 Å². The van der Waals surface area contributed by atoms with Crippen molar-refractivity contribution in [3.63, 3.8) is 0 Å². The maximum Gasteiger partial charge on any atom is 0.302 e. The third-order valence-corrected chi connectivity index (χ3v) is 3.78. The highest BCUT2D eigenvalue weighted by Crippen LogP contribution is 2.15. The van der Waals surface area contributed by atoms with Gasteiger partial charge in [-0.05, 0) is 24.6 Å². The molecule has 0 fully saturated rings. The van der Waals surface area contributed by atoms with Gasteiger partial charge in [0.2, 0.25) is 0 Å². The Morgan fingerprint density at radius 2 is 2.19 bits per heavy atom. The second-order valence-corrected chi connectivity index (χ2v) is 5.83. The molecule has 0 bridgehead atoms. The van der Waals surface area contributed by atoms with Crippen molar-refractivity contribution in [3.8, 4) is 5.69 Å². The number of hydrogen-bond donors (Lipinski definition) is 2. The second kappa shape index (κ2) is 8.56. The molecular weight excluding hydrogens is 336 g/mol. The molecule has 9 nitrogen and oxygen atoms in total. The quantitative estimate of drug-likeness (QED) is 0.555. The molecular formula is C17H22N6O3. The van der Waals surface area contributed by atoms with E-state index in [9.17, 15) is 4.79 Å². The normalized spacial score (nSPS) is 17.1. The van der Waals surface area contributed by atoms with Crippen LogP contribution < -0.4 is 11.0 Å². The SMILES string of the molecule is CC(=O)OCC1OC=CCN1NNCc1cc(C)ccc1-n1nccn1. The molecule has 1 aromatic carbocycles. The maximum absolute atomic E-state index is 11.0. The molecule has 26 heavy (non-hydrogen) atoms. The number of benzene rings is 1. The standard InChI is InChI=1S/C17H22N6O3/c1-13-4-5-16(23-19-6-7-20-23)15(10-13)11-18-21-22-8-3-9-25-17(22)12-26-14(2)24/h3-7,9-10,17-18,21H,8,11-12H2,1-2H3. The number of carbonyl (C=O) groups is 1. The first-order valence-corrected chi connectivity index (χ1v) is 8.28. The van der Waals surface area contributed by atoms with Gasteiger partial charge in [-0.25, -0.2) is 5.43 Å². The summed E-state index contributed by atoms with van der Waals surface area (Å²) in [5, 5.41) is 10.2. The van der Waals surface area contributed by atoms with Crippen LogP contribution in [0.3, 0.4) is 0 Å². The molecule has 2 aromatic rings. The van der Waals surface area contributed by atoms with Crippen molar-refractivity contribution in [3.05, 3.63) is 54.1 Å². The molecule has 3 rings (SSSR count). The molecule has 2 N–H and O–H groups in total. The van der Waals surface area contributed by atoms with E-state index in [1.165, 1.54) is 6.92 Å². The number of nitrogens with zero attached hydrogens (tertiary/aromatic N) is 4. The molecule has 0 saturated carbocycles. The van der Waals surface area contributed by atoms with Crippen molar-refractivity contribution < 1.29 is 14.3 Å². The van der Waals surface area contributed by atoms with Gasteiger partial charge in [-0.3, -0.25) is 4.79 Å². The monoisotopic (exact) mass is 358 g/mol. The molecule has 0 radical (unpaired) electrons. The predicted molar refractivity (Wildman–Crippen MR) is 93.4 cm³/mol. The Bertz CT molecular complexity index is 762. The molecule has 1 atom stereocenters. The molecule has 2 heterocycles. The first kappa shape index (κ1) is 18.1. The highest BCUT2D eigenvalue weighted by atomic mass is 16.6. The van der Waals surface area contributed by atoms with E-state index in [0.717, 1.165) is 16.8 Å². The van der Waals surface area contributed by atoms with Gasteiger partial charge in [0.25, 0.3) is 0 Å². The number of ether oxygens (including phenoxy) is 2. The Hall–Kier alpha value is -2.75. The fourth-order valence-electron chi connectivity index (χ4n) is 2.56. The highest BCUT2D eigenvalue weighted by Gasteiger charge is 2.22. The van der Waals surface area contributed by atoms with Crippen LogP contribution in [0.1, 0.15) is 18.1 Å². The summed E-state index contributed by atoms with van der Waals surface area (Å²) in [5.74, 6) is -0.341. The number of hydrazine groups is 2. The van der Waals surface area contributed by atoms with E-state index in [1.54, 1.807) is 23.5 Å². The van der Waals surface area contributed by atoms with Gasteiger partial charge in [0.1, 0.15) is 6.61 Å². The zero-order valence-electron chi connectivity index (χ0n) is 14.8. The Kier molecular flexibility index (Phi) is 5.95. The zero-order chi connectivity index (χ0) is 18.4. The smallest absolute Gasteiger partial charge is 0.302 e. The van der Waals surface area contributed by atoms with Gasteiger partial charge in [-0.15, -0.1) is 0 Å². The summed E-state index contributed by atoms with van der Waals surface area (Å²) in [6.45, 7) is 4.70. The van der Waals surface area contributed by atoms with Crippen molar-refractivity contribution >= 4 is 5.97 Å². The van der Waals surface area contributed by atoms with Gasteiger partial charge in [-0.1, -0.05) is 17.7 Å². The average Bonchev–Trinajstić information content (AvgIpc) is 3.15. The Labute approximate surface area is 151 Å². The van der Waals surface area contributed by atoms with E-state index in [-0.39, 0.29) is 12.6 Å². The number of aromatic nitrogens is 3. The van der Waals surface area contributed by atoms with E-state index in [1.807, 2.05) is 30.1 Å². The topological polar surface area (TPSA) is 93.5 Å². The number of nitrogens with one attached hydrogen (secondary N) is 2. The Morgan fingerprint density at radius 3 is 2.96 bits per heavy atom. The number of aryl methyl sites for hydroxylation is 1. The van der Waals surface area contributed by atoms with Crippen LogP contribution in [0.5, 0.6) is 0 Å². The summed E-state index contributed by atoms with van der Waals surface area (Å²) in [6.07, 6.45) is 6.36. The van der Waals surface area contributed by atoms with Crippen LogP contribution in [0.4, 0.5) is 0 Å². The molecule has 0 saturated heterocycles.